The lowest BCUT2D eigenvalue weighted by atomic mass is 9.70. The van der Waals surface area contributed by atoms with Crippen LogP contribution in [0.25, 0.3) is 22.3 Å². The van der Waals surface area contributed by atoms with Crippen molar-refractivity contribution in [3.8, 4) is 28.0 Å². The fourth-order valence-electron chi connectivity index (χ4n) is 7.16. The Morgan fingerprint density at radius 2 is 0.844 bits per heavy atom. The SMILES string of the molecule is Cc1cc(-c2cc(OP(O)O)c(-c3cc(C)c(C(C)(C)C)cc3C(C)(C)C)c(C)c2C(C)(C)C)c(C(C)(C)C)cc1C(C)(C)C. The molecule has 0 bridgehead atoms. The van der Waals surface area contributed by atoms with Crippen LogP contribution >= 0.6 is 8.60 Å². The normalized spacial score (nSPS) is 13.5. The molecule has 0 amide bonds. The van der Waals surface area contributed by atoms with Gasteiger partial charge >= 0.3 is 8.60 Å². The molecule has 45 heavy (non-hydrogen) atoms. The molecule has 0 saturated heterocycles. The highest BCUT2D eigenvalue weighted by molar-refractivity contribution is 7.39. The maximum atomic E-state index is 10.3. The van der Waals surface area contributed by atoms with Crippen LogP contribution in [0.1, 0.15) is 148 Å². The van der Waals surface area contributed by atoms with Gasteiger partial charge < -0.3 is 14.3 Å². The first kappa shape index (κ1) is 37.3. The van der Waals surface area contributed by atoms with Gasteiger partial charge in [0.1, 0.15) is 5.75 Å². The van der Waals surface area contributed by atoms with Crippen LogP contribution < -0.4 is 4.52 Å². The standard InChI is InChI=1S/C41H61O3P/c1-24-19-27(32(39(10,11)12)22-30(24)37(4,5)6)28-21-34(44-45(42)43)35(26(3)36(28)41(16,17)18)29-20-25(2)31(38(7,8)9)23-33(29)40(13,14)15/h19-23,42-43H,1-18H3. The Morgan fingerprint density at radius 3 is 1.20 bits per heavy atom. The quantitative estimate of drug-likeness (QED) is 0.281. The highest BCUT2D eigenvalue weighted by Crippen LogP contribution is 2.52. The molecule has 0 unspecified atom stereocenters. The lowest BCUT2D eigenvalue weighted by Crippen LogP contribution is -2.21. The molecule has 0 saturated carbocycles. The van der Waals surface area contributed by atoms with Crippen molar-refractivity contribution in [2.45, 2.75) is 152 Å². The summed E-state index contributed by atoms with van der Waals surface area (Å²) in [6.45, 7) is 40.6. The predicted molar refractivity (Wildman–Crippen MR) is 197 cm³/mol. The van der Waals surface area contributed by atoms with Crippen LogP contribution in [-0.4, -0.2) is 9.79 Å². The first-order chi connectivity index (χ1) is 20.1. The zero-order chi connectivity index (χ0) is 34.8. The molecule has 3 aromatic carbocycles. The van der Waals surface area contributed by atoms with Crippen molar-refractivity contribution < 1.29 is 14.3 Å². The molecule has 0 aliphatic rings. The van der Waals surface area contributed by atoms with Gasteiger partial charge in [-0.15, -0.1) is 0 Å². The Hall–Kier alpha value is -2.19. The smallest absolute Gasteiger partial charge is 0.391 e. The van der Waals surface area contributed by atoms with Gasteiger partial charge in [0.2, 0.25) is 0 Å². The molecule has 2 N–H and O–H groups in total. The molecule has 248 valence electrons. The van der Waals surface area contributed by atoms with Crippen molar-refractivity contribution >= 4 is 8.60 Å². The van der Waals surface area contributed by atoms with E-state index < -0.39 is 8.60 Å². The number of rotatable bonds is 4. The van der Waals surface area contributed by atoms with E-state index in [0.717, 1.165) is 22.3 Å². The van der Waals surface area contributed by atoms with Gasteiger partial charge in [-0.1, -0.05) is 128 Å². The van der Waals surface area contributed by atoms with Gasteiger partial charge in [-0.3, -0.25) is 0 Å². The Kier molecular flexibility index (Phi) is 10.0. The fraction of sp³-hybridized carbons (Fsp3) is 0.561. The molecule has 0 spiro atoms. The molecule has 0 atom stereocenters. The summed E-state index contributed by atoms with van der Waals surface area (Å²) in [5.41, 5.74) is 13.8. The highest BCUT2D eigenvalue weighted by atomic mass is 31.2. The minimum Gasteiger partial charge on any atom is -0.426 e. The van der Waals surface area contributed by atoms with Crippen LogP contribution in [0.3, 0.4) is 0 Å². The number of aryl methyl sites for hydroxylation is 2. The maximum absolute atomic E-state index is 10.3. The van der Waals surface area contributed by atoms with Crippen molar-refractivity contribution in [3.05, 3.63) is 74.8 Å². The number of benzene rings is 3. The summed E-state index contributed by atoms with van der Waals surface area (Å²) >= 11 is 0. The second-order valence-electron chi connectivity index (χ2n) is 18.3. The first-order valence-corrected chi connectivity index (χ1v) is 17.6. The van der Waals surface area contributed by atoms with Crippen LogP contribution in [0.15, 0.2) is 30.3 Å². The molecular weight excluding hydrogens is 571 g/mol. The van der Waals surface area contributed by atoms with Crippen molar-refractivity contribution in [3.63, 3.8) is 0 Å². The van der Waals surface area contributed by atoms with Gasteiger partial charge in [0, 0.05) is 5.56 Å². The summed E-state index contributed by atoms with van der Waals surface area (Å²) in [5.74, 6) is 0.512. The second kappa shape index (κ2) is 12.1. The van der Waals surface area contributed by atoms with Gasteiger partial charge in [-0.05, 0) is 115 Å². The van der Waals surface area contributed by atoms with Gasteiger partial charge in [0.25, 0.3) is 0 Å². The highest BCUT2D eigenvalue weighted by Gasteiger charge is 2.33. The molecule has 3 nitrogen and oxygen atoms in total. The van der Waals surface area contributed by atoms with Crippen LogP contribution in [0.5, 0.6) is 5.75 Å². The molecular formula is C41H61O3P. The summed E-state index contributed by atoms with van der Waals surface area (Å²) < 4.78 is 6.03. The topological polar surface area (TPSA) is 49.7 Å². The van der Waals surface area contributed by atoms with E-state index in [1.54, 1.807) is 0 Å². The van der Waals surface area contributed by atoms with Crippen molar-refractivity contribution in [2.75, 3.05) is 0 Å². The van der Waals surface area contributed by atoms with E-state index in [-0.39, 0.29) is 27.1 Å². The average molecular weight is 633 g/mol. The molecule has 0 radical (unpaired) electrons. The summed E-state index contributed by atoms with van der Waals surface area (Å²) in [4.78, 5) is 20.7. The molecule has 3 aromatic rings. The van der Waals surface area contributed by atoms with Gasteiger partial charge in [-0.25, -0.2) is 0 Å². The zero-order valence-corrected chi connectivity index (χ0v) is 32.5. The van der Waals surface area contributed by atoms with Gasteiger partial charge in [-0.2, -0.15) is 0 Å². The Morgan fingerprint density at radius 1 is 0.467 bits per heavy atom. The van der Waals surface area contributed by atoms with E-state index in [2.05, 4.69) is 155 Å². The third-order valence-electron chi connectivity index (χ3n) is 8.99. The molecule has 0 aromatic heterocycles. The third kappa shape index (κ3) is 7.86. The number of hydrogen-bond acceptors (Lipinski definition) is 3. The lowest BCUT2D eigenvalue weighted by molar-refractivity contribution is 0.375. The van der Waals surface area contributed by atoms with Crippen LogP contribution in [0.4, 0.5) is 0 Å². The third-order valence-corrected chi connectivity index (χ3v) is 9.35. The predicted octanol–water partition coefficient (Wildman–Crippen LogP) is 12.0. The van der Waals surface area contributed by atoms with Crippen molar-refractivity contribution in [1.29, 1.82) is 0 Å². The maximum Gasteiger partial charge on any atom is 0.391 e. The molecule has 0 aliphatic heterocycles. The summed E-state index contributed by atoms with van der Waals surface area (Å²) in [5, 5.41) is 0. The molecule has 3 rings (SSSR count). The van der Waals surface area contributed by atoms with E-state index in [9.17, 15) is 9.79 Å². The average Bonchev–Trinajstić information content (AvgIpc) is 2.79. The fourth-order valence-corrected chi connectivity index (χ4v) is 7.48. The molecule has 0 aliphatic carbocycles. The van der Waals surface area contributed by atoms with Gasteiger partial charge in [0.15, 0.2) is 0 Å². The Labute approximate surface area is 276 Å². The molecule has 0 heterocycles. The van der Waals surface area contributed by atoms with Gasteiger partial charge in [0.05, 0.1) is 0 Å². The Balaban J connectivity index is 2.65. The minimum atomic E-state index is -2.64. The minimum absolute atomic E-state index is 0.00750. The second-order valence-corrected chi connectivity index (χ2v) is 19.0. The van der Waals surface area contributed by atoms with Crippen LogP contribution in [0.2, 0.25) is 0 Å². The summed E-state index contributed by atoms with van der Waals surface area (Å²) in [7, 11) is -2.64. The molecule has 0 fully saturated rings. The van der Waals surface area contributed by atoms with Crippen molar-refractivity contribution in [1.82, 2.24) is 0 Å². The summed E-state index contributed by atoms with van der Waals surface area (Å²) in [6, 6.07) is 11.5. The van der Waals surface area contributed by atoms with E-state index in [1.165, 1.54) is 44.5 Å². The summed E-state index contributed by atoms with van der Waals surface area (Å²) in [6.07, 6.45) is 0. The van der Waals surface area contributed by atoms with Crippen LogP contribution in [0, 0.1) is 20.8 Å². The van der Waals surface area contributed by atoms with E-state index in [4.69, 9.17) is 4.52 Å². The van der Waals surface area contributed by atoms with Crippen LogP contribution in [-0.2, 0) is 27.1 Å². The van der Waals surface area contributed by atoms with E-state index in [0.29, 0.717) is 5.75 Å². The van der Waals surface area contributed by atoms with Crippen molar-refractivity contribution in [2.24, 2.45) is 0 Å². The Bertz CT molecular complexity index is 1570. The largest absolute Gasteiger partial charge is 0.426 e. The first-order valence-electron chi connectivity index (χ1n) is 16.4. The number of hydrogen-bond donors (Lipinski definition) is 2. The monoisotopic (exact) mass is 632 g/mol. The van der Waals surface area contributed by atoms with E-state index in [1.807, 2.05) is 0 Å². The molecule has 4 heteroatoms. The van der Waals surface area contributed by atoms with E-state index >= 15 is 0 Å². The zero-order valence-electron chi connectivity index (χ0n) is 31.6. The lowest BCUT2D eigenvalue weighted by Gasteiger charge is -2.35.